The first-order chi connectivity index (χ1) is 16.5. The second-order valence-electron chi connectivity index (χ2n) is 8.06. The fraction of sp³-hybridized carbons (Fsp3) is 0.0714. The highest BCUT2D eigenvalue weighted by Gasteiger charge is 2.35. The minimum atomic E-state index is -0.310. The maximum Gasteiger partial charge on any atom is 0.196 e. The van der Waals surface area contributed by atoms with Crippen molar-refractivity contribution in [3.8, 4) is 17.2 Å². The third-order valence-corrected chi connectivity index (χ3v) is 5.82. The van der Waals surface area contributed by atoms with Gasteiger partial charge in [0.05, 0.1) is 29.6 Å². The standard InChI is InChI=1S/C28H22N2O4/c1-16-7-9-17(10-8-16)30-22-15-23(34-19-13-11-18(33-2)12-14-19)26(29)25-24(22)27(31)20-5-3-4-6-21(20)28(25)32/h3-15,30H,29H2,1-2H3. The lowest BCUT2D eigenvalue weighted by Gasteiger charge is -2.24. The molecule has 4 aromatic carbocycles. The van der Waals surface area contributed by atoms with Crippen molar-refractivity contribution >= 4 is 28.6 Å². The van der Waals surface area contributed by atoms with Crippen molar-refractivity contribution < 1.29 is 19.1 Å². The third kappa shape index (κ3) is 3.65. The summed E-state index contributed by atoms with van der Waals surface area (Å²) in [6, 6.07) is 23.2. The van der Waals surface area contributed by atoms with Crippen LogP contribution in [0.2, 0.25) is 0 Å². The van der Waals surface area contributed by atoms with E-state index in [1.165, 1.54) is 0 Å². The minimum Gasteiger partial charge on any atom is -0.497 e. The lowest BCUT2D eigenvalue weighted by molar-refractivity contribution is 0.0980. The van der Waals surface area contributed by atoms with Crippen LogP contribution >= 0.6 is 0 Å². The van der Waals surface area contributed by atoms with Crippen LogP contribution < -0.4 is 20.5 Å². The second kappa shape index (κ2) is 8.41. The van der Waals surface area contributed by atoms with Crippen LogP contribution in [0.15, 0.2) is 78.9 Å². The number of nitrogens with one attached hydrogen (secondary N) is 1. The Labute approximate surface area is 196 Å². The van der Waals surface area contributed by atoms with Gasteiger partial charge >= 0.3 is 0 Å². The summed E-state index contributed by atoms with van der Waals surface area (Å²) in [5.41, 5.74) is 9.96. The highest BCUT2D eigenvalue weighted by atomic mass is 16.5. The van der Waals surface area contributed by atoms with Gasteiger partial charge < -0.3 is 20.5 Å². The van der Waals surface area contributed by atoms with Gasteiger partial charge in [0.1, 0.15) is 11.5 Å². The van der Waals surface area contributed by atoms with Gasteiger partial charge in [0.15, 0.2) is 17.3 Å². The van der Waals surface area contributed by atoms with Crippen molar-refractivity contribution in [2.45, 2.75) is 6.92 Å². The van der Waals surface area contributed by atoms with E-state index >= 15 is 0 Å². The predicted molar refractivity (Wildman–Crippen MR) is 132 cm³/mol. The molecule has 168 valence electrons. The monoisotopic (exact) mass is 450 g/mol. The van der Waals surface area contributed by atoms with E-state index in [0.717, 1.165) is 11.3 Å². The SMILES string of the molecule is COc1ccc(Oc2cc(Nc3ccc(C)cc3)c3c(c2N)C(=O)c2ccccc2C3=O)cc1. The molecule has 4 aromatic rings. The summed E-state index contributed by atoms with van der Waals surface area (Å²) >= 11 is 0. The average Bonchev–Trinajstić information content (AvgIpc) is 2.86. The molecule has 1 aliphatic rings. The quantitative estimate of drug-likeness (QED) is 0.324. The Morgan fingerprint density at radius 1 is 0.765 bits per heavy atom. The molecule has 0 radical (unpaired) electrons. The normalized spacial score (nSPS) is 12.1. The molecule has 0 heterocycles. The van der Waals surface area contributed by atoms with Crippen molar-refractivity contribution in [3.63, 3.8) is 0 Å². The number of ketones is 2. The molecule has 0 spiro atoms. The molecule has 1 aliphatic carbocycles. The van der Waals surface area contributed by atoms with E-state index in [4.69, 9.17) is 15.2 Å². The average molecular weight is 450 g/mol. The molecule has 3 N–H and O–H groups in total. The summed E-state index contributed by atoms with van der Waals surface area (Å²) in [6.45, 7) is 1.99. The van der Waals surface area contributed by atoms with E-state index in [9.17, 15) is 9.59 Å². The Balaban J connectivity index is 1.67. The minimum absolute atomic E-state index is 0.119. The van der Waals surface area contributed by atoms with Crippen LogP contribution in [0, 0.1) is 6.92 Å². The second-order valence-corrected chi connectivity index (χ2v) is 8.06. The number of aryl methyl sites for hydroxylation is 1. The molecule has 0 atom stereocenters. The molecule has 0 bridgehead atoms. The third-order valence-electron chi connectivity index (χ3n) is 5.82. The summed E-state index contributed by atoms with van der Waals surface area (Å²) in [5.74, 6) is 0.907. The topological polar surface area (TPSA) is 90.7 Å². The van der Waals surface area contributed by atoms with Crippen molar-refractivity contribution in [1.29, 1.82) is 0 Å². The number of carbonyl (C=O) groups excluding carboxylic acids is 2. The smallest absolute Gasteiger partial charge is 0.196 e. The van der Waals surface area contributed by atoms with Crippen molar-refractivity contribution in [1.82, 2.24) is 0 Å². The van der Waals surface area contributed by atoms with E-state index in [0.29, 0.717) is 28.3 Å². The zero-order valence-electron chi connectivity index (χ0n) is 18.7. The number of carbonyl (C=O) groups is 2. The van der Waals surface area contributed by atoms with Crippen LogP contribution in [0.1, 0.15) is 37.4 Å². The molecule has 0 amide bonds. The molecule has 0 aromatic heterocycles. The highest BCUT2D eigenvalue weighted by Crippen LogP contribution is 2.43. The molecule has 34 heavy (non-hydrogen) atoms. The Hall–Kier alpha value is -4.58. The van der Waals surface area contributed by atoms with Crippen LogP contribution in [-0.4, -0.2) is 18.7 Å². The summed E-state index contributed by atoms with van der Waals surface area (Å²) in [5, 5.41) is 3.28. The van der Waals surface area contributed by atoms with Gasteiger partial charge in [0.2, 0.25) is 0 Å². The summed E-state index contributed by atoms with van der Waals surface area (Å²) in [4.78, 5) is 27.0. The molecule has 5 rings (SSSR count). The van der Waals surface area contributed by atoms with E-state index in [2.05, 4.69) is 5.32 Å². The van der Waals surface area contributed by atoms with Crippen LogP contribution in [0.4, 0.5) is 17.1 Å². The van der Waals surface area contributed by atoms with Crippen molar-refractivity contribution in [2.75, 3.05) is 18.2 Å². The van der Waals surface area contributed by atoms with Gasteiger partial charge in [-0.15, -0.1) is 0 Å². The summed E-state index contributed by atoms with van der Waals surface area (Å²) in [6.07, 6.45) is 0. The van der Waals surface area contributed by atoms with E-state index in [1.54, 1.807) is 61.7 Å². The van der Waals surface area contributed by atoms with Gasteiger partial charge in [-0.3, -0.25) is 9.59 Å². The number of fused-ring (bicyclic) bond motifs is 2. The number of methoxy groups -OCH3 is 1. The fourth-order valence-electron chi connectivity index (χ4n) is 4.04. The number of benzene rings is 4. The first-order valence-corrected chi connectivity index (χ1v) is 10.8. The Morgan fingerprint density at radius 2 is 1.35 bits per heavy atom. The van der Waals surface area contributed by atoms with Gasteiger partial charge in [0, 0.05) is 22.9 Å². The fourth-order valence-corrected chi connectivity index (χ4v) is 4.04. The van der Waals surface area contributed by atoms with Gasteiger partial charge in [-0.2, -0.15) is 0 Å². The molecule has 6 nitrogen and oxygen atoms in total. The molecular weight excluding hydrogens is 428 g/mol. The predicted octanol–water partition coefficient (Wildman–Crippen LogP) is 5.90. The number of nitrogens with two attached hydrogens (primary N) is 1. The van der Waals surface area contributed by atoms with Gasteiger partial charge in [-0.05, 0) is 43.3 Å². The van der Waals surface area contributed by atoms with Crippen LogP contribution in [0.25, 0.3) is 0 Å². The number of nitrogen functional groups attached to an aromatic ring is 1. The van der Waals surface area contributed by atoms with E-state index < -0.39 is 0 Å². The molecule has 0 saturated heterocycles. The van der Waals surface area contributed by atoms with Gasteiger partial charge in [0.25, 0.3) is 0 Å². The first kappa shape index (κ1) is 21.3. The Morgan fingerprint density at radius 3 is 1.97 bits per heavy atom. The number of anilines is 3. The zero-order valence-corrected chi connectivity index (χ0v) is 18.7. The van der Waals surface area contributed by atoms with Gasteiger partial charge in [-0.1, -0.05) is 42.0 Å². The Bertz CT molecular complexity index is 1420. The number of hydrogen-bond acceptors (Lipinski definition) is 6. The van der Waals surface area contributed by atoms with Crippen LogP contribution in [0.5, 0.6) is 17.2 Å². The summed E-state index contributed by atoms with van der Waals surface area (Å²) in [7, 11) is 1.58. The molecule has 0 fully saturated rings. The Kier molecular flexibility index (Phi) is 5.26. The largest absolute Gasteiger partial charge is 0.497 e. The maximum absolute atomic E-state index is 13.5. The molecule has 6 heteroatoms. The van der Waals surface area contributed by atoms with E-state index in [-0.39, 0.29) is 34.1 Å². The molecule has 0 saturated carbocycles. The molecule has 0 unspecified atom stereocenters. The van der Waals surface area contributed by atoms with Crippen LogP contribution in [0.3, 0.4) is 0 Å². The van der Waals surface area contributed by atoms with Gasteiger partial charge in [-0.25, -0.2) is 0 Å². The number of ether oxygens (including phenoxy) is 2. The van der Waals surface area contributed by atoms with Crippen molar-refractivity contribution in [2.24, 2.45) is 0 Å². The number of rotatable bonds is 5. The molecule has 0 aliphatic heterocycles. The summed E-state index contributed by atoms with van der Waals surface area (Å²) < 4.78 is 11.3. The number of hydrogen-bond donors (Lipinski definition) is 2. The van der Waals surface area contributed by atoms with E-state index in [1.807, 2.05) is 31.2 Å². The first-order valence-electron chi connectivity index (χ1n) is 10.8. The maximum atomic E-state index is 13.5. The van der Waals surface area contributed by atoms with Crippen molar-refractivity contribution in [3.05, 3.63) is 107 Å². The highest BCUT2D eigenvalue weighted by molar-refractivity contribution is 6.32. The zero-order chi connectivity index (χ0) is 23.8. The molecular formula is C28H22N2O4. The van der Waals surface area contributed by atoms with Crippen LogP contribution in [-0.2, 0) is 0 Å². The lowest BCUT2D eigenvalue weighted by atomic mass is 9.82. The lowest BCUT2D eigenvalue weighted by Crippen LogP contribution is -2.24.